The number of aromatic amines is 1. The summed E-state index contributed by atoms with van der Waals surface area (Å²) < 4.78 is 0. The van der Waals surface area contributed by atoms with E-state index >= 15 is 0 Å². The summed E-state index contributed by atoms with van der Waals surface area (Å²) in [5, 5.41) is 0. The Hall–Kier alpha value is -1.97. The van der Waals surface area contributed by atoms with Gasteiger partial charge in [-0.1, -0.05) is 0 Å². The first kappa shape index (κ1) is 9.27. The van der Waals surface area contributed by atoms with Crippen molar-refractivity contribution < 1.29 is 0 Å². The zero-order chi connectivity index (χ0) is 11.0. The summed E-state index contributed by atoms with van der Waals surface area (Å²) in [5.41, 5.74) is 2.66. The molecule has 0 fully saturated rings. The minimum absolute atomic E-state index is 0.00125. The first-order valence-corrected chi connectivity index (χ1v) is 5.37. The quantitative estimate of drug-likeness (QED) is 0.777. The molecule has 1 aliphatic rings. The number of aromatic nitrogens is 3. The van der Waals surface area contributed by atoms with E-state index in [1.165, 1.54) is 0 Å². The lowest BCUT2D eigenvalue weighted by atomic mass is 10.2. The topological polar surface area (TPSA) is 58.6 Å². The molecule has 0 bridgehead atoms. The van der Waals surface area contributed by atoms with E-state index in [0.29, 0.717) is 5.82 Å². The number of rotatable bonds is 1. The molecular weight excluding hydrogens is 202 g/mol. The van der Waals surface area contributed by atoms with Gasteiger partial charge in [0.05, 0.1) is 5.69 Å². The van der Waals surface area contributed by atoms with Gasteiger partial charge in [-0.25, -0.2) is 4.98 Å². The molecule has 0 saturated heterocycles. The lowest BCUT2D eigenvalue weighted by Crippen LogP contribution is -2.15. The van der Waals surface area contributed by atoms with Crippen LogP contribution in [-0.4, -0.2) is 15.0 Å². The van der Waals surface area contributed by atoms with Gasteiger partial charge in [0.1, 0.15) is 5.82 Å². The van der Waals surface area contributed by atoms with Gasteiger partial charge in [-0.05, 0) is 31.4 Å². The maximum Gasteiger partial charge on any atom is 0.254 e. The van der Waals surface area contributed by atoms with Crippen molar-refractivity contribution in [3.05, 3.63) is 46.1 Å². The molecule has 1 N–H and O–H groups in total. The van der Waals surface area contributed by atoms with Gasteiger partial charge < -0.3 is 4.98 Å². The van der Waals surface area contributed by atoms with Gasteiger partial charge in [0.25, 0.3) is 5.56 Å². The van der Waals surface area contributed by atoms with Crippen LogP contribution in [0.4, 0.5) is 0 Å². The van der Waals surface area contributed by atoms with Crippen molar-refractivity contribution in [1.82, 2.24) is 15.0 Å². The second kappa shape index (κ2) is 3.56. The van der Waals surface area contributed by atoms with E-state index < -0.39 is 0 Å². The maximum atomic E-state index is 11.8. The summed E-state index contributed by atoms with van der Waals surface area (Å²) in [6.07, 6.45) is 6.20. The SMILES string of the molecule is O=c1[nH]c(-c2cccnc2)nc2c1CCC2. The summed E-state index contributed by atoms with van der Waals surface area (Å²) in [5.74, 6) is 0.624. The maximum absolute atomic E-state index is 11.8. The van der Waals surface area contributed by atoms with E-state index in [9.17, 15) is 4.79 Å². The highest BCUT2D eigenvalue weighted by atomic mass is 16.1. The summed E-state index contributed by atoms with van der Waals surface area (Å²) >= 11 is 0. The van der Waals surface area contributed by atoms with Crippen LogP contribution >= 0.6 is 0 Å². The minimum Gasteiger partial charge on any atom is -0.306 e. The van der Waals surface area contributed by atoms with Crippen LogP contribution in [0.2, 0.25) is 0 Å². The molecule has 2 aromatic rings. The first-order chi connectivity index (χ1) is 7.84. The van der Waals surface area contributed by atoms with E-state index in [1.54, 1.807) is 12.4 Å². The van der Waals surface area contributed by atoms with Crippen molar-refractivity contribution >= 4 is 0 Å². The molecule has 2 aromatic heterocycles. The Kier molecular flexibility index (Phi) is 2.06. The molecule has 0 atom stereocenters. The van der Waals surface area contributed by atoms with E-state index in [-0.39, 0.29) is 5.56 Å². The number of nitrogens with one attached hydrogen (secondary N) is 1. The number of hydrogen-bond donors (Lipinski definition) is 1. The normalized spacial score (nSPS) is 13.8. The summed E-state index contributed by atoms with van der Waals surface area (Å²) in [7, 11) is 0. The lowest BCUT2D eigenvalue weighted by Gasteiger charge is -2.02. The smallest absolute Gasteiger partial charge is 0.254 e. The van der Waals surface area contributed by atoms with E-state index in [1.807, 2.05) is 12.1 Å². The van der Waals surface area contributed by atoms with E-state index in [0.717, 1.165) is 36.1 Å². The van der Waals surface area contributed by atoms with Crippen LogP contribution in [0.15, 0.2) is 29.3 Å². The Balaban J connectivity index is 2.17. The molecule has 2 heterocycles. The van der Waals surface area contributed by atoms with E-state index in [4.69, 9.17) is 0 Å². The van der Waals surface area contributed by atoms with Crippen molar-refractivity contribution in [3.63, 3.8) is 0 Å². The van der Waals surface area contributed by atoms with Gasteiger partial charge in [-0.3, -0.25) is 9.78 Å². The van der Waals surface area contributed by atoms with Crippen LogP contribution in [0.5, 0.6) is 0 Å². The first-order valence-electron chi connectivity index (χ1n) is 5.37. The highest BCUT2D eigenvalue weighted by molar-refractivity contribution is 5.53. The number of H-pyrrole nitrogens is 1. The molecule has 0 saturated carbocycles. The number of nitrogens with zero attached hydrogens (tertiary/aromatic N) is 2. The van der Waals surface area contributed by atoms with Gasteiger partial charge in [0, 0.05) is 23.5 Å². The van der Waals surface area contributed by atoms with E-state index in [2.05, 4.69) is 15.0 Å². The van der Waals surface area contributed by atoms with Crippen molar-refractivity contribution in [1.29, 1.82) is 0 Å². The second-order valence-electron chi connectivity index (χ2n) is 3.94. The molecule has 0 unspecified atom stereocenters. The van der Waals surface area contributed by atoms with Crippen molar-refractivity contribution in [2.24, 2.45) is 0 Å². The molecule has 4 heteroatoms. The third-order valence-corrected chi connectivity index (χ3v) is 2.88. The molecule has 0 aliphatic heterocycles. The highest BCUT2D eigenvalue weighted by Gasteiger charge is 2.17. The zero-order valence-corrected chi connectivity index (χ0v) is 8.73. The zero-order valence-electron chi connectivity index (χ0n) is 8.73. The van der Waals surface area contributed by atoms with Gasteiger partial charge >= 0.3 is 0 Å². The average molecular weight is 213 g/mol. The number of fused-ring (bicyclic) bond motifs is 1. The van der Waals surface area contributed by atoms with Gasteiger partial charge in [0.15, 0.2) is 0 Å². The molecule has 0 aromatic carbocycles. The van der Waals surface area contributed by atoms with Crippen LogP contribution < -0.4 is 5.56 Å². The highest BCUT2D eigenvalue weighted by Crippen LogP contribution is 2.19. The predicted octanol–water partition coefficient (Wildman–Crippen LogP) is 1.32. The van der Waals surface area contributed by atoms with Crippen LogP contribution in [0.1, 0.15) is 17.7 Å². The van der Waals surface area contributed by atoms with Crippen molar-refractivity contribution in [3.8, 4) is 11.4 Å². The molecule has 3 rings (SSSR count). The summed E-state index contributed by atoms with van der Waals surface area (Å²) in [6, 6.07) is 3.73. The molecular formula is C12H11N3O. The fourth-order valence-corrected chi connectivity index (χ4v) is 2.08. The Bertz CT molecular complexity index is 575. The Morgan fingerprint density at radius 1 is 1.31 bits per heavy atom. The van der Waals surface area contributed by atoms with Crippen molar-refractivity contribution in [2.75, 3.05) is 0 Å². The molecule has 16 heavy (non-hydrogen) atoms. The third-order valence-electron chi connectivity index (χ3n) is 2.88. The van der Waals surface area contributed by atoms with Crippen LogP contribution in [0, 0.1) is 0 Å². The largest absolute Gasteiger partial charge is 0.306 e. The van der Waals surface area contributed by atoms with Crippen LogP contribution in [-0.2, 0) is 12.8 Å². The second-order valence-corrected chi connectivity index (χ2v) is 3.94. The third kappa shape index (κ3) is 1.43. The lowest BCUT2D eigenvalue weighted by molar-refractivity contribution is 0.899. The predicted molar refractivity (Wildman–Crippen MR) is 60.1 cm³/mol. The minimum atomic E-state index is 0.00125. The molecule has 0 amide bonds. The molecule has 0 spiro atoms. The number of pyridine rings is 1. The fourth-order valence-electron chi connectivity index (χ4n) is 2.08. The molecule has 4 nitrogen and oxygen atoms in total. The Morgan fingerprint density at radius 3 is 3.06 bits per heavy atom. The van der Waals surface area contributed by atoms with Gasteiger partial charge in [-0.2, -0.15) is 0 Å². The standard InChI is InChI=1S/C12H11N3O/c16-12-9-4-1-5-10(9)14-11(15-12)8-3-2-6-13-7-8/h2-3,6-7H,1,4-5H2,(H,14,15,16). The number of aryl methyl sites for hydroxylation is 1. The molecule has 80 valence electrons. The summed E-state index contributed by atoms with van der Waals surface area (Å²) in [6.45, 7) is 0. The fraction of sp³-hybridized carbons (Fsp3) is 0.250. The molecule has 1 aliphatic carbocycles. The Morgan fingerprint density at radius 2 is 2.25 bits per heavy atom. The Labute approximate surface area is 92.4 Å². The van der Waals surface area contributed by atoms with Crippen LogP contribution in [0.3, 0.4) is 0 Å². The van der Waals surface area contributed by atoms with Gasteiger partial charge in [-0.15, -0.1) is 0 Å². The van der Waals surface area contributed by atoms with Crippen LogP contribution in [0.25, 0.3) is 11.4 Å². The number of hydrogen-bond acceptors (Lipinski definition) is 3. The average Bonchev–Trinajstić information content (AvgIpc) is 2.79. The molecule has 0 radical (unpaired) electrons. The van der Waals surface area contributed by atoms with Crippen molar-refractivity contribution in [2.45, 2.75) is 19.3 Å². The van der Waals surface area contributed by atoms with Gasteiger partial charge in [0.2, 0.25) is 0 Å². The summed E-state index contributed by atoms with van der Waals surface area (Å²) in [4.78, 5) is 23.1. The monoisotopic (exact) mass is 213 g/mol.